The first kappa shape index (κ1) is 16.5. The van der Waals surface area contributed by atoms with Gasteiger partial charge in [0.15, 0.2) is 5.78 Å². The van der Waals surface area contributed by atoms with Crippen molar-refractivity contribution in [1.29, 1.82) is 0 Å². The highest BCUT2D eigenvalue weighted by Gasteiger charge is 2.15. The molecular formula is C15H21NO4. The fourth-order valence-corrected chi connectivity index (χ4v) is 1.84. The summed E-state index contributed by atoms with van der Waals surface area (Å²) in [6.45, 7) is 1.82. The van der Waals surface area contributed by atoms with Gasteiger partial charge < -0.3 is 0 Å². The Morgan fingerprint density at radius 3 is 2.40 bits per heavy atom. The molecule has 110 valence electrons. The number of benzene rings is 1. The molecule has 20 heavy (non-hydrogen) atoms. The van der Waals surface area contributed by atoms with Crippen molar-refractivity contribution in [2.24, 2.45) is 0 Å². The minimum absolute atomic E-state index is 0.0478. The first-order chi connectivity index (χ1) is 9.65. The summed E-state index contributed by atoms with van der Waals surface area (Å²) in [7, 11) is 0. The predicted molar refractivity (Wildman–Crippen MR) is 75.0 cm³/mol. The average molecular weight is 279 g/mol. The zero-order chi connectivity index (χ0) is 14.8. The number of hydrogen-bond acceptors (Lipinski definition) is 5. The number of ketones is 2. The highest BCUT2D eigenvalue weighted by Crippen LogP contribution is 2.03. The first-order valence-electron chi connectivity index (χ1n) is 6.79. The van der Waals surface area contributed by atoms with Crippen LogP contribution in [0.2, 0.25) is 0 Å². The molecule has 0 spiro atoms. The normalized spacial score (nSPS) is 10.8. The Bertz CT molecular complexity index is 419. The number of carbonyl (C=O) groups is 2. The molecule has 0 aliphatic rings. The maximum absolute atomic E-state index is 11.8. The van der Waals surface area contributed by atoms with E-state index in [-0.39, 0.29) is 31.1 Å². The van der Waals surface area contributed by atoms with Crippen molar-refractivity contribution < 1.29 is 19.8 Å². The SMILES string of the molecule is CCCCC(=O)CN(CC(=O)Cc1ccccc1)OO. The van der Waals surface area contributed by atoms with Gasteiger partial charge in [-0.05, 0) is 12.0 Å². The standard InChI is InChI=1S/C15H21NO4/c1-2-3-9-14(17)11-16(20-19)12-15(18)10-13-7-5-4-6-8-13/h4-8,19H,2-3,9-12H2,1H3. The molecule has 1 rings (SSSR count). The Hall–Kier alpha value is -1.56. The highest BCUT2D eigenvalue weighted by molar-refractivity contribution is 5.84. The van der Waals surface area contributed by atoms with Crippen LogP contribution in [0, 0.1) is 0 Å². The number of Topliss-reactive ketones (excluding diaryl/α,β-unsaturated/α-hetero) is 2. The second-order valence-corrected chi connectivity index (χ2v) is 4.72. The fraction of sp³-hybridized carbons (Fsp3) is 0.467. The maximum Gasteiger partial charge on any atom is 0.153 e. The summed E-state index contributed by atoms with van der Waals surface area (Å²) in [5.41, 5.74) is 0.896. The predicted octanol–water partition coefficient (Wildman–Crippen LogP) is 2.26. The summed E-state index contributed by atoms with van der Waals surface area (Å²) < 4.78 is 0. The minimum Gasteiger partial charge on any atom is -0.298 e. The quantitative estimate of drug-likeness (QED) is 0.525. The highest BCUT2D eigenvalue weighted by atomic mass is 17.2. The molecule has 0 fully saturated rings. The summed E-state index contributed by atoms with van der Waals surface area (Å²) in [6.07, 6.45) is 2.42. The van der Waals surface area contributed by atoms with Gasteiger partial charge in [-0.1, -0.05) is 43.7 Å². The van der Waals surface area contributed by atoms with Gasteiger partial charge in [-0.2, -0.15) is 0 Å². The van der Waals surface area contributed by atoms with Gasteiger partial charge in [-0.25, -0.2) is 5.26 Å². The number of nitrogens with zero attached hydrogens (tertiary/aromatic N) is 1. The molecule has 5 nitrogen and oxygen atoms in total. The molecule has 0 saturated carbocycles. The number of rotatable bonds is 10. The van der Waals surface area contributed by atoms with Crippen molar-refractivity contribution in [3.63, 3.8) is 0 Å². The van der Waals surface area contributed by atoms with Crippen LogP contribution in [0.3, 0.4) is 0 Å². The zero-order valence-corrected chi connectivity index (χ0v) is 11.7. The third-order valence-corrected chi connectivity index (χ3v) is 2.87. The molecule has 0 radical (unpaired) electrons. The molecule has 0 unspecified atom stereocenters. The van der Waals surface area contributed by atoms with Gasteiger partial charge in [0.05, 0.1) is 13.1 Å². The van der Waals surface area contributed by atoms with Crippen LogP contribution in [0.15, 0.2) is 30.3 Å². The smallest absolute Gasteiger partial charge is 0.153 e. The van der Waals surface area contributed by atoms with E-state index in [2.05, 4.69) is 4.99 Å². The van der Waals surface area contributed by atoms with Crippen LogP contribution in [0.25, 0.3) is 0 Å². The minimum atomic E-state index is -0.117. The van der Waals surface area contributed by atoms with Gasteiger partial charge in [0.1, 0.15) is 5.78 Å². The van der Waals surface area contributed by atoms with Crippen molar-refractivity contribution in [3.05, 3.63) is 35.9 Å². The van der Waals surface area contributed by atoms with E-state index in [1.165, 1.54) is 0 Å². The van der Waals surface area contributed by atoms with Gasteiger partial charge in [0.2, 0.25) is 0 Å². The van der Waals surface area contributed by atoms with E-state index < -0.39 is 0 Å². The number of hydroxylamine groups is 2. The Balaban J connectivity index is 2.39. The Morgan fingerprint density at radius 2 is 1.80 bits per heavy atom. The molecule has 0 heterocycles. The van der Waals surface area contributed by atoms with E-state index in [1.807, 2.05) is 37.3 Å². The number of carbonyl (C=O) groups excluding carboxylic acids is 2. The molecule has 0 saturated heterocycles. The topological polar surface area (TPSA) is 66.8 Å². The monoisotopic (exact) mass is 279 g/mol. The summed E-state index contributed by atoms with van der Waals surface area (Å²) in [5.74, 6) is -0.165. The van der Waals surface area contributed by atoms with Crippen molar-refractivity contribution in [1.82, 2.24) is 5.06 Å². The van der Waals surface area contributed by atoms with Crippen LogP contribution in [0.4, 0.5) is 0 Å². The zero-order valence-electron chi connectivity index (χ0n) is 11.7. The molecule has 0 bridgehead atoms. The third kappa shape index (κ3) is 6.56. The van der Waals surface area contributed by atoms with Crippen LogP contribution in [-0.4, -0.2) is 35.0 Å². The molecule has 0 amide bonds. The molecule has 0 atom stereocenters. The lowest BCUT2D eigenvalue weighted by atomic mass is 10.1. The molecule has 1 aromatic rings. The van der Waals surface area contributed by atoms with Crippen LogP contribution in [-0.2, 0) is 21.0 Å². The van der Waals surface area contributed by atoms with E-state index in [1.54, 1.807) is 0 Å². The Labute approximate surface area is 119 Å². The van der Waals surface area contributed by atoms with Gasteiger partial charge in [-0.3, -0.25) is 9.59 Å². The summed E-state index contributed by atoms with van der Waals surface area (Å²) in [6, 6.07) is 9.31. The van der Waals surface area contributed by atoms with Gasteiger partial charge in [0, 0.05) is 12.8 Å². The largest absolute Gasteiger partial charge is 0.298 e. The molecule has 1 N–H and O–H groups in total. The van der Waals surface area contributed by atoms with Crippen LogP contribution in [0.5, 0.6) is 0 Å². The molecule has 0 aromatic heterocycles. The van der Waals surface area contributed by atoms with Crippen molar-refractivity contribution in [2.75, 3.05) is 13.1 Å². The van der Waals surface area contributed by atoms with Gasteiger partial charge in [0.25, 0.3) is 0 Å². The lowest BCUT2D eigenvalue weighted by molar-refractivity contribution is -0.390. The van der Waals surface area contributed by atoms with Gasteiger partial charge in [-0.15, -0.1) is 10.1 Å². The van der Waals surface area contributed by atoms with Crippen LogP contribution >= 0.6 is 0 Å². The lowest BCUT2D eigenvalue weighted by Crippen LogP contribution is -2.34. The summed E-state index contributed by atoms with van der Waals surface area (Å²) in [4.78, 5) is 27.5. The maximum atomic E-state index is 11.8. The van der Waals surface area contributed by atoms with Crippen LogP contribution in [0.1, 0.15) is 31.7 Å². The average Bonchev–Trinajstić information content (AvgIpc) is 2.45. The fourth-order valence-electron chi connectivity index (χ4n) is 1.84. The molecule has 0 aliphatic heterocycles. The Morgan fingerprint density at radius 1 is 1.15 bits per heavy atom. The Kier molecular flexibility index (Phi) is 7.72. The molecular weight excluding hydrogens is 258 g/mol. The van der Waals surface area contributed by atoms with Crippen molar-refractivity contribution in [2.45, 2.75) is 32.6 Å². The van der Waals surface area contributed by atoms with Gasteiger partial charge >= 0.3 is 0 Å². The summed E-state index contributed by atoms with van der Waals surface area (Å²) >= 11 is 0. The molecule has 5 heteroatoms. The third-order valence-electron chi connectivity index (χ3n) is 2.87. The second-order valence-electron chi connectivity index (χ2n) is 4.72. The second kappa shape index (κ2) is 9.36. The number of unbranched alkanes of at least 4 members (excludes halogenated alkanes) is 1. The van der Waals surface area contributed by atoms with E-state index in [0.717, 1.165) is 23.5 Å². The van der Waals surface area contributed by atoms with Crippen molar-refractivity contribution >= 4 is 11.6 Å². The first-order valence-corrected chi connectivity index (χ1v) is 6.79. The van der Waals surface area contributed by atoms with E-state index in [0.29, 0.717) is 6.42 Å². The van der Waals surface area contributed by atoms with E-state index in [9.17, 15) is 9.59 Å². The number of hydrogen-bond donors (Lipinski definition) is 1. The molecule has 1 aromatic carbocycles. The lowest BCUT2D eigenvalue weighted by Gasteiger charge is -2.15. The van der Waals surface area contributed by atoms with E-state index in [4.69, 9.17) is 5.26 Å². The van der Waals surface area contributed by atoms with Crippen LogP contribution < -0.4 is 0 Å². The summed E-state index contributed by atoms with van der Waals surface area (Å²) in [5, 5.41) is 9.73. The van der Waals surface area contributed by atoms with E-state index >= 15 is 0 Å². The molecule has 0 aliphatic carbocycles. The van der Waals surface area contributed by atoms with Crippen molar-refractivity contribution in [3.8, 4) is 0 Å².